The van der Waals surface area contributed by atoms with Crippen molar-refractivity contribution in [2.24, 2.45) is 0 Å². The lowest BCUT2D eigenvalue weighted by Gasteiger charge is -2.07. The van der Waals surface area contributed by atoms with Gasteiger partial charge in [0, 0.05) is 17.3 Å². The summed E-state index contributed by atoms with van der Waals surface area (Å²) in [6, 6.07) is 8.50. The van der Waals surface area contributed by atoms with Gasteiger partial charge in [0.15, 0.2) is 11.3 Å². The summed E-state index contributed by atoms with van der Waals surface area (Å²) in [5.41, 5.74) is 0.989. The number of nitrogens with one attached hydrogen (secondary N) is 2. The molecule has 1 amide bonds. The van der Waals surface area contributed by atoms with Gasteiger partial charge in [-0.15, -0.1) is 0 Å². The molecule has 24 heavy (non-hydrogen) atoms. The summed E-state index contributed by atoms with van der Waals surface area (Å²) in [5.74, 6) is -1.07. The van der Waals surface area contributed by atoms with Crippen LogP contribution in [0.5, 0.6) is 5.75 Å². The average molecular weight is 329 g/mol. The number of methoxy groups -OCH3 is 1. The predicted octanol–water partition coefficient (Wildman–Crippen LogP) is 2.29. The third-order valence-corrected chi connectivity index (χ3v) is 3.31. The number of ether oxygens (including phenoxy) is 1. The fourth-order valence-corrected chi connectivity index (χ4v) is 2.21. The number of benzene rings is 2. The van der Waals surface area contributed by atoms with Crippen LogP contribution in [0.25, 0.3) is 11.1 Å². The van der Waals surface area contributed by atoms with Crippen molar-refractivity contribution in [3.63, 3.8) is 0 Å². The van der Waals surface area contributed by atoms with Crippen molar-refractivity contribution in [1.82, 2.24) is 4.98 Å². The van der Waals surface area contributed by atoms with Gasteiger partial charge in [-0.05, 0) is 30.3 Å². The maximum atomic E-state index is 12.3. The van der Waals surface area contributed by atoms with Gasteiger partial charge in [0.25, 0.3) is 5.91 Å². The van der Waals surface area contributed by atoms with Crippen LogP contribution in [-0.2, 0) is 0 Å². The highest BCUT2D eigenvalue weighted by atomic mass is 16.6. The number of oxazole rings is 1. The molecule has 2 N–H and O–H groups in total. The van der Waals surface area contributed by atoms with Crippen LogP contribution in [0.4, 0.5) is 11.4 Å². The normalized spacial score (nSPS) is 10.5. The topological polar surface area (TPSA) is 127 Å². The lowest BCUT2D eigenvalue weighted by molar-refractivity contribution is -0.385. The second kappa shape index (κ2) is 5.88. The Morgan fingerprint density at radius 2 is 2.08 bits per heavy atom. The van der Waals surface area contributed by atoms with Crippen molar-refractivity contribution in [1.29, 1.82) is 0 Å². The number of amides is 1. The summed E-state index contributed by atoms with van der Waals surface area (Å²) in [5, 5.41) is 13.6. The number of hydrogen-bond acceptors (Lipinski definition) is 6. The van der Waals surface area contributed by atoms with Gasteiger partial charge in [-0.3, -0.25) is 19.9 Å². The van der Waals surface area contributed by atoms with E-state index in [1.165, 1.54) is 31.4 Å². The lowest BCUT2D eigenvalue weighted by atomic mass is 10.1. The molecular formula is C15H11N3O6. The molecule has 2 aromatic carbocycles. The molecule has 0 saturated heterocycles. The summed E-state index contributed by atoms with van der Waals surface area (Å²) in [6.07, 6.45) is 0. The third kappa shape index (κ3) is 2.82. The molecule has 0 atom stereocenters. The molecular weight excluding hydrogens is 318 g/mol. The maximum Gasteiger partial charge on any atom is 0.417 e. The molecule has 1 aromatic heterocycles. The van der Waals surface area contributed by atoms with Gasteiger partial charge in [0.1, 0.15) is 0 Å². The van der Waals surface area contributed by atoms with E-state index in [1.54, 1.807) is 6.07 Å². The fourth-order valence-electron chi connectivity index (χ4n) is 2.21. The number of hydrogen-bond donors (Lipinski definition) is 2. The fraction of sp³-hybridized carbons (Fsp3) is 0.0667. The first kappa shape index (κ1) is 15.3. The zero-order valence-electron chi connectivity index (χ0n) is 12.4. The van der Waals surface area contributed by atoms with E-state index >= 15 is 0 Å². The number of carbonyl (C=O) groups is 1. The Morgan fingerprint density at radius 3 is 2.79 bits per heavy atom. The van der Waals surface area contributed by atoms with Gasteiger partial charge in [0.2, 0.25) is 0 Å². The van der Waals surface area contributed by atoms with Gasteiger partial charge >= 0.3 is 11.4 Å². The van der Waals surface area contributed by atoms with Crippen LogP contribution in [0.15, 0.2) is 45.6 Å². The van der Waals surface area contributed by atoms with E-state index in [9.17, 15) is 19.7 Å². The molecule has 0 aliphatic rings. The van der Waals surface area contributed by atoms with Crippen LogP contribution in [0.2, 0.25) is 0 Å². The standard InChI is InChI=1S/C15H11N3O6/c1-23-13-4-2-8(6-11(13)18(21)22)14(19)16-9-3-5-12-10(7-9)17-15(20)24-12/h2-7H,1H3,(H,16,19)(H,17,20). The quantitative estimate of drug-likeness (QED) is 0.558. The Hall–Kier alpha value is -3.62. The zero-order valence-corrected chi connectivity index (χ0v) is 12.4. The van der Waals surface area contributed by atoms with Gasteiger partial charge < -0.3 is 14.5 Å². The van der Waals surface area contributed by atoms with E-state index in [4.69, 9.17) is 9.15 Å². The first-order chi connectivity index (χ1) is 11.5. The summed E-state index contributed by atoms with van der Waals surface area (Å²) in [4.78, 5) is 36.2. The Bertz CT molecular complexity index is 1000. The second-order valence-electron chi connectivity index (χ2n) is 4.82. The third-order valence-electron chi connectivity index (χ3n) is 3.31. The minimum atomic E-state index is -0.627. The maximum absolute atomic E-state index is 12.3. The molecule has 0 aliphatic carbocycles. The predicted molar refractivity (Wildman–Crippen MR) is 84.4 cm³/mol. The Balaban J connectivity index is 1.89. The first-order valence-electron chi connectivity index (χ1n) is 6.74. The number of aromatic nitrogens is 1. The molecule has 122 valence electrons. The van der Waals surface area contributed by atoms with Crippen molar-refractivity contribution in [2.75, 3.05) is 12.4 Å². The molecule has 0 spiro atoms. The smallest absolute Gasteiger partial charge is 0.417 e. The number of aromatic amines is 1. The highest BCUT2D eigenvalue weighted by Gasteiger charge is 2.18. The van der Waals surface area contributed by atoms with E-state index in [1.807, 2.05) is 0 Å². The lowest BCUT2D eigenvalue weighted by Crippen LogP contribution is -2.12. The summed E-state index contributed by atoms with van der Waals surface area (Å²) >= 11 is 0. The van der Waals surface area contributed by atoms with E-state index in [2.05, 4.69) is 10.3 Å². The van der Waals surface area contributed by atoms with Gasteiger partial charge in [-0.25, -0.2) is 4.79 Å². The number of carbonyl (C=O) groups excluding carboxylic acids is 1. The van der Waals surface area contributed by atoms with Crippen molar-refractivity contribution in [3.8, 4) is 5.75 Å². The first-order valence-corrected chi connectivity index (χ1v) is 6.74. The molecule has 9 heteroatoms. The van der Waals surface area contributed by atoms with Crippen LogP contribution in [0, 0.1) is 10.1 Å². The number of nitro groups is 1. The van der Waals surface area contributed by atoms with E-state index < -0.39 is 16.6 Å². The SMILES string of the molecule is COc1ccc(C(=O)Nc2ccc3oc(=O)[nH]c3c2)cc1[N+](=O)[O-]. The van der Waals surface area contributed by atoms with Crippen LogP contribution in [0.1, 0.15) is 10.4 Å². The molecule has 0 unspecified atom stereocenters. The van der Waals surface area contributed by atoms with Gasteiger partial charge in [-0.2, -0.15) is 0 Å². The zero-order chi connectivity index (χ0) is 17.3. The molecule has 0 bridgehead atoms. The molecule has 0 aliphatic heterocycles. The van der Waals surface area contributed by atoms with Crippen molar-refractivity contribution < 1.29 is 18.9 Å². The Labute approximate surface area is 134 Å². The average Bonchev–Trinajstić information content (AvgIpc) is 2.93. The molecule has 0 saturated carbocycles. The number of fused-ring (bicyclic) bond motifs is 1. The van der Waals surface area contributed by atoms with Crippen molar-refractivity contribution >= 4 is 28.4 Å². The Morgan fingerprint density at radius 1 is 1.29 bits per heavy atom. The second-order valence-corrected chi connectivity index (χ2v) is 4.82. The minimum Gasteiger partial charge on any atom is -0.490 e. The Kier molecular flexibility index (Phi) is 3.74. The molecule has 1 heterocycles. The molecule has 0 fully saturated rings. The minimum absolute atomic E-state index is 0.0638. The number of rotatable bonds is 4. The number of nitrogens with zero attached hydrogens (tertiary/aromatic N) is 1. The number of anilines is 1. The van der Waals surface area contributed by atoms with E-state index in [0.717, 1.165) is 6.07 Å². The van der Waals surface area contributed by atoms with Crippen LogP contribution >= 0.6 is 0 Å². The highest BCUT2D eigenvalue weighted by molar-refractivity contribution is 6.05. The summed E-state index contributed by atoms with van der Waals surface area (Å²) in [6.45, 7) is 0. The molecule has 3 rings (SSSR count). The molecule has 9 nitrogen and oxygen atoms in total. The van der Waals surface area contributed by atoms with Crippen molar-refractivity contribution in [2.45, 2.75) is 0 Å². The van der Waals surface area contributed by atoms with E-state index in [0.29, 0.717) is 16.8 Å². The van der Waals surface area contributed by atoms with Gasteiger partial charge in [-0.1, -0.05) is 0 Å². The number of nitro benzene ring substituents is 1. The van der Waals surface area contributed by atoms with Gasteiger partial charge in [0.05, 0.1) is 17.5 Å². The van der Waals surface area contributed by atoms with Crippen LogP contribution in [0.3, 0.4) is 0 Å². The van der Waals surface area contributed by atoms with E-state index in [-0.39, 0.29) is 17.0 Å². The van der Waals surface area contributed by atoms with Crippen LogP contribution < -0.4 is 15.8 Å². The van der Waals surface area contributed by atoms with Crippen LogP contribution in [-0.4, -0.2) is 22.9 Å². The molecule has 0 radical (unpaired) electrons. The monoisotopic (exact) mass is 329 g/mol. The van der Waals surface area contributed by atoms with Crippen molar-refractivity contribution in [3.05, 3.63) is 62.6 Å². The molecule has 3 aromatic rings. The highest BCUT2D eigenvalue weighted by Crippen LogP contribution is 2.28. The number of H-pyrrole nitrogens is 1. The summed E-state index contributed by atoms with van der Waals surface area (Å²) < 4.78 is 9.76. The summed E-state index contributed by atoms with van der Waals surface area (Å²) in [7, 11) is 1.31. The largest absolute Gasteiger partial charge is 0.490 e.